The molecule has 43 nitrogen and oxygen atoms in total. The monoisotopic (exact) mass is 1960 g/mol. The Hall–Kier alpha value is -16.5. The molecule has 14 N–H and O–H groups in total. The Morgan fingerprint density at radius 3 is 1.16 bits per heavy atom. The number of nitrogen functional groups attached to an aromatic ring is 3. The van der Waals surface area contributed by atoms with Gasteiger partial charge in [-0.05, 0) is 203 Å². The number of rotatable bonds is 18. The third-order valence-corrected chi connectivity index (χ3v) is 17.9. The number of halogens is 6. The Morgan fingerprint density at radius 2 is 0.810 bits per heavy atom. The Bertz CT molecular complexity index is 6480. The van der Waals surface area contributed by atoms with Crippen LogP contribution in [0.25, 0.3) is 22.3 Å². The summed E-state index contributed by atoms with van der Waals surface area (Å²) in [7, 11) is 8.11. The second-order valence-electron chi connectivity index (χ2n) is 30.7. The maximum absolute atomic E-state index is 12.2. The number of nitrogens with two attached hydrogens (primary N) is 3. The number of amides is 3. The molecule has 0 bridgehead atoms. The van der Waals surface area contributed by atoms with E-state index in [0.29, 0.717) is 103 Å². The number of fused-ring (bicyclic) bond motifs is 2. The number of anilines is 9. The zero-order chi connectivity index (χ0) is 101. The minimum atomic E-state index is -4.55. The molecular weight excluding hydrogens is 1860 g/mol. The number of H-pyrrole nitrogens is 2. The quantitative estimate of drug-likeness (QED) is 0.00949. The molecular formula is C88H95Cl3F3N23O20. The fraction of sp³-hybridized carbons (Fsp3) is 0.250. The van der Waals surface area contributed by atoms with E-state index in [1.165, 1.54) is 71.9 Å². The van der Waals surface area contributed by atoms with Gasteiger partial charge >= 0.3 is 52.9 Å². The number of pyridine rings is 6. The molecule has 0 radical (unpaired) electrons. The third-order valence-electron chi connectivity index (χ3n) is 16.9. The highest BCUT2D eigenvalue weighted by molar-refractivity contribution is 6.33. The number of nitro groups is 3. The predicted octanol–water partition coefficient (Wildman–Crippen LogP) is 20.1. The molecule has 0 saturated carbocycles. The van der Waals surface area contributed by atoms with Crippen LogP contribution in [0, 0.1) is 30.3 Å². The fourth-order valence-corrected chi connectivity index (χ4v) is 11.5. The number of carbonyl (C=O) groups excluding carboxylic acids is 4. The summed E-state index contributed by atoms with van der Waals surface area (Å²) in [5.41, 5.74) is 17.6. The number of isocyanates is 1. The number of aromatic nitrogens is 10. The van der Waals surface area contributed by atoms with Gasteiger partial charge in [0.25, 0.3) is 0 Å². The standard InChI is InChI=1S/C18H20N4O4.C17H20N4O5.C17H22N4O3.C13H12N4O2.C8H3ClF3NO.C6H6ClN3O2.C5H4ClN3O2.C4H8O/c1-18(2,3)26-17(24)20-11-5-7-12(8-6-11)25-13-9-10-19-15-14(13)21-16(23)22(15)4;1-17(2,3)26-16(22)20-11-5-7-12(8-6-11)25-13-9-10-19-15(18-4)14(13)21(23)24;1-17(2,3)24-16(22)21-11-5-7-12(8-6-11)23-13-9-10-20-15(19-4)14(13)18;1-17-12-11(16-13(17)18)10(6-7-15-12)19-9-4-2-8(14)3-5-9;9-7-2-1-5(13-4-14)3-6(7)8(10,11)12;1-8-6-5(10(11)12)4(7)2-3-9-6;6-3-1-2-8-5(7)4(3)9(10)11;1-2-4-5-3-1/h5-10H,1-4H3,(H,20,24)(H,21,23);5-10H,1-4H3,(H,18,19)(H,20,22);5-10H,18H2,1-4H3,(H,19,20)(H,21,22);2-7H,14H2,1H3,(H,16,18);1-3H;2-3H,1H3,(H,8,9);1-2H,(H2,7,8);1-4H2. The van der Waals surface area contributed by atoms with E-state index in [1.54, 1.807) is 204 Å². The molecule has 3 amide bonds. The molecule has 13 aromatic rings. The van der Waals surface area contributed by atoms with Crippen molar-refractivity contribution in [2.45, 2.75) is 98.1 Å². The number of nitrogens with zero attached hydrogens (tertiary/aromatic N) is 12. The van der Waals surface area contributed by atoms with Crippen molar-refractivity contribution in [1.29, 1.82) is 0 Å². The van der Waals surface area contributed by atoms with Crippen LogP contribution in [0.3, 0.4) is 0 Å². The van der Waals surface area contributed by atoms with Gasteiger partial charge in [0.2, 0.25) is 29.3 Å². The number of imidazole rings is 2. The van der Waals surface area contributed by atoms with E-state index in [-0.39, 0.29) is 67.4 Å². The lowest BCUT2D eigenvalue weighted by atomic mass is 10.2. The average Bonchev–Trinajstić information content (AvgIpc) is 1.68. The van der Waals surface area contributed by atoms with Crippen LogP contribution in [-0.4, -0.2) is 139 Å². The van der Waals surface area contributed by atoms with Crippen molar-refractivity contribution in [1.82, 2.24) is 49.0 Å². The van der Waals surface area contributed by atoms with Crippen LogP contribution in [0.4, 0.5) is 102 Å². The average molecular weight is 1960 g/mol. The Balaban J connectivity index is 0.000000220. The van der Waals surface area contributed by atoms with E-state index in [9.17, 15) is 72.3 Å². The molecule has 49 heteroatoms. The summed E-state index contributed by atoms with van der Waals surface area (Å²) in [5, 5.41) is 47.6. The smallest absolute Gasteiger partial charge is 0.417 e. The molecule has 9 heterocycles. The Kier molecular flexibility index (Phi) is 39.2. The van der Waals surface area contributed by atoms with Gasteiger partial charge in [-0.15, -0.1) is 0 Å². The SMILES string of the molecule is C1CCOC1.CNc1nccc(Cl)c1[N+](=O)[O-].CNc1nccc(Oc2ccc(NC(=O)OC(C)(C)C)cc2)c1N.CNc1nccc(Oc2ccc(NC(=O)OC(C)(C)C)cc2)c1[N+](=O)[O-].Cn1c(=O)[nH]c2c(Oc3ccc(N)cc3)ccnc21.Cn1c(=O)[nH]c2c(Oc3ccc(NC(=O)OC(C)(C)C)cc3)ccnc21.Nc1nccc(Cl)c1[N+](=O)[O-].O=C=Nc1ccc(Cl)c(C(F)(F)F)c1. The van der Waals surface area contributed by atoms with Crippen molar-refractivity contribution in [3.8, 4) is 46.0 Å². The number of aromatic amines is 2. The minimum absolute atomic E-state index is 0.00231. The zero-order valence-electron chi connectivity index (χ0n) is 75.8. The lowest BCUT2D eigenvalue weighted by molar-refractivity contribution is -0.385. The van der Waals surface area contributed by atoms with Gasteiger partial charge in [0.05, 0.1) is 31.0 Å². The van der Waals surface area contributed by atoms with E-state index in [0.717, 1.165) is 25.4 Å². The first-order valence-electron chi connectivity index (χ1n) is 40.3. The molecule has 1 saturated heterocycles. The highest BCUT2D eigenvalue weighted by atomic mass is 35.5. The van der Waals surface area contributed by atoms with E-state index >= 15 is 0 Å². The van der Waals surface area contributed by atoms with Crippen LogP contribution in [0.2, 0.25) is 15.1 Å². The summed E-state index contributed by atoms with van der Waals surface area (Å²) in [4.78, 5) is 131. The van der Waals surface area contributed by atoms with Crippen molar-refractivity contribution in [2.75, 3.05) is 83.5 Å². The van der Waals surface area contributed by atoms with E-state index in [2.05, 4.69) is 76.8 Å². The second-order valence-corrected chi connectivity index (χ2v) is 31.9. The van der Waals surface area contributed by atoms with Gasteiger partial charge in [0, 0.05) is 133 Å². The summed E-state index contributed by atoms with van der Waals surface area (Å²) in [6, 6.07) is 39.2. The fourth-order valence-electron chi connectivity index (χ4n) is 10.9. The third kappa shape index (κ3) is 34.3. The van der Waals surface area contributed by atoms with Crippen LogP contribution >= 0.6 is 34.8 Å². The van der Waals surface area contributed by atoms with E-state index in [4.69, 9.17) is 89.9 Å². The molecule has 1 aliphatic rings. The van der Waals surface area contributed by atoms with Crippen molar-refractivity contribution in [3.05, 3.63) is 261 Å². The van der Waals surface area contributed by atoms with Gasteiger partial charge < -0.3 is 81.0 Å². The first kappa shape index (κ1) is 108. The molecule has 724 valence electrons. The lowest BCUT2D eigenvalue weighted by Gasteiger charge is -2.19. The van der Waals surface area contributed by atoms with Crippen LogP contribution in [-0.2, 0) is 44.0 Å². The van der Waals surface area contributed by atoms with Crippen molar-refractivity contribution in [3.63, 3.8) is 0 Å². The summed E-state index contributed by atoms with van der Waals surface area (Å²) >= 11 is 16.4. The van der Waals surface area contributed by atoms with Crippen LogP contribution in [0.15, 0.2) is 203 Å². The van der Waals surface area contributed by atoms with Crippen molar-refractivity contribution < 1.29 is 85.0 Å². The summed E-state index contributed by atoms with van der Waals surface area (Å²) in [5.74, 6) is 4.42. The van der Waals surface area contributed by atoms with Gasteiger partial charge in [-0.25, -0.2) is 58.7 Å². The molecule has 0 atom stereocenters. The number of hydrogen-bond acceptors (Lipinski definition) is 33. The van der Waals surface area contributed by atoms with Gasteiger partial charge in [-0.2, -0.15) is 18.2 Å². The van der Waals surface area contributed by atoms with Gasteiger partial charge in [-0.3, -0.25) is 55.4 Å². The molecule has 1 aliphatic heterocycles. The molecule has 1 fully saturated rings. The summed E-state index contributed by atoms with van der Waals surface area (Å²) in [6.45, 7) is 18.1. The molecule has 14 rings (SSSR count). The number of carbonyl (C=O) groups is 3. The molecule has 0 aliphatic carbocycles. The number of hydrogen-bond donors (Lipinski definition) is 11. The number of benzene rings is 5. The highest BCUT2D eigenvalue weighted by Crippen LogP contribution is 2.40. The maximum Gasteiger partial charge on any atom is 0.417 e. The lowest BCUT2D eigenvalue weighted by Crippen LogP contribution is -2.27. The molecule has 0 spiro atoms. The minimum Gasteiger partial charge on any atom is -0.455 e. The second kappa shape index (κ2) is 49.9. The van der Waals surface area contributed by atoms with E-state index in [1.807, 2.05) is 20.8 Å². The van der Waals surface area contributed by atoms with Crippen LogP contribution in [0.5, 0.6) is 46.0 Å². The molecule has 0 unspecified atom stereocenters. The number of alkyl halides is 3. The number of aryl methyl sites for hydroxylation is 2. The predicted molar refractivity (Wildman–Crippen MR) is 511 cm³/mol. The number of nitrogens with one attached hydrogen (secondary N) is 8. The van der Waals surface area contributed by atoms with Gasteiger partial charge in [0.1, 0.15) is 66.6 Å². The summed E-state index contributed by atoms with van der Waals surface area (Å²) < 4.78 is 83.0. The van der Waals surface area contributed by atoms with Crippen LogP contribution < -0.4 is 79.4 Å². The summed E-state index contributed by atoms with van der Waals surface area (Å²) in [6.07, 6.45) is 6.45. The number of ether oxygens (including phenoxy) is 8. The van der Waals surface area contributed by atoms with Crippen molar-refractivity contribution >= 4 is 156 Å². The maximum atomic E-state index is 12.2. The Morgan fingerprint density at radius 1 is 0.467 bits per heavy atom. The zero-order valence-corrected chi connectivity index (χ0v) is 78.0. The highest BCUT2D eigenvalue weighted by Gasteiger charge is 2.34. The normalized spacial score (nSPS) is 11.2. The molecule has 137 heavy (non-hydrogen) atoms. The Labute approximate surface area is 793 Å². The van der Waals surface area contributed by atoms with E-state index < -0.39 is 66.6 Å². The largest absolute Gasteiger partial charge is 0.455 e. The van der Waals surface area contributed by atoms with Crippen molar-refractivity contribution in [2.24, 2.45) is 19.1 Å². The first-order chi connectivity index (χ1) is 64.6. The van der Waals surface area contributed by atoms with Gasteiger partial charge in [-0.1, -0.05) is 34.8 Å². The molecule has 5 aromatic carbocycles. The first-order valence-corrected chi connectivity index (χ1v) is 41.4. The number of aliphatic imine (C=N–C) groups is 1. The van der Waals surface area contributed by atoms with Crippen LogP contribution in [0.1, 0.15) is 80.7 Å². The topological polar surface area (TPSA) is 587 Å². The molecule has 8 aromatic heterocycles. The van der Waals surface area contributed by atoms with Gasteiger partial charge in [0.15, 0.2) is 34.4 Å².